The molecule has 0 N–H and O–H groups in total. The summed E-state index contributed by atoms with van der Waals surface area (Å²) in [6, 6.07) is 4.31. The summed E-state index contributed by atoms with van der Waals surface area (Å²) < 4.78 is 0. The lowest BCUT2D eigenvalue weighted by Crippen LogP contribution is -2.14. The van der Waals surface area contributed by atoms with Crippen LogP contribution in [0, 0.1) is 12.3 Å². The lowest BCUT2D eigenvalue weighted by Gasteiger charge is -2.28. The molecule has 0 bridgehead atoms. The van der Waals surface area contributed by atoms with Crippen molar-refractivity contribution in [2.75, 3.05) is 0 Å². The van der Waals surface area contributed by atoms with Gasteiger partial charge in [-0.1, -0.05) is 6.92 Å². The van der Waals surface area contributed by atoms with Gasteiger partial charge in [0.05, 0.1) is 0 Å². The number of hydrogen-bond acceptors (Lipinski definition) is 1. The maximum Gasteiger partial charge on any atom is 0.0270 e. The molecule has 1 radical (unpaired) electrons. The van der Waals surface area contributed by atoms with Gasteiger partial charge in [-0.25, -0.2) is 0 Å². The summed E-state index contributed by atoms with van der Waals surface area (Å²) in [6.07, 6.45) is 10.1. The highest BCUT2D eigenvalue weighted by Gasteiger charge is 2.22. The maximum atomic E-state index is 4.06. The Morgan fingerprint density at radius 1 is 1.31 bits per heavy atom. The predicted molar refractivity (Wildman–Crippen MR) is 54.3 cm³/mol. The van der Waals surface area contributed by atoms with Crippen LogP contribution in [0.2, 0.25) is 0 Å². The molecular weight excluding hydrogens is 158 g/mol. The second-order valence-corrected chi connectivity index (χ2v) is 3.97. The Balaban J connectivity index is 2.15. The first kappa shape index (κ1) is 8.74. The first-order chi connectivity index (χ1) is 6.38. The first-order valence-corrected chi connectivity index (χ1v) is 5.09. The van der Waals surface area contributed by atoms with E-state index in [2.05, 4.69) is 30.5 Å². The van der Waals surface area contributed by atoms with Crippen molar-refractivity contribution in [3.63, 3.8) is 0 Å². The van der Waals surface area contributed by atoms with E-state index in [9.17, 15) is 0 Å². The predicted octanol–water partition coefficient (Wildman–Crippen LogP) is 3.19. The molecule has 1 aromatic rings. The van der Waals surface area contributed by atoms with Crippen LogP contribution < -0.4 is 0 Å². The van der Waals surface area contributed by atoms with Crippen LogP contribution in [0.15, 0.2) is 24.5 Å². The molecule has 1 saturated carbocycles. The molecule has 69 valence electrons. The van der Waals surface area contributed by atoms with Gasteiger partial charge in [0.15, 0.2) is 0 Å². The van der Waals surface area contributed by atoms with Crippen LogP contribution in [0.3, 0.4) is 0 Å². The molecule has 1 aliphatic carbocycles. The second kappa shape index (κ2) is 3.91. The van der Waals surface area contributed by atoms with E-state index in [1.165, 1.54) is 24.8 Å². The van der Waals surface area contributed by atoms with E-state index in [-0.39, 0.29) is 0 Å². The van der Waals surface area contributed by atoms with Gasteiger partial charge < -0.3 is 0 Å². The lowest BCUT2D eigenvalue weighted by molar-refractivity contribution is 0.378. The molecule has 2 rings (SSSR count). The van der Waals surface area contributed by atoms with Crippen LogP contribution >= 0.6 is 0 Å². The summed E-state index contributed by atoms with van der Waals surface area (Å²) in [7, 11) is 0. The molecule has 1 heteroatoms. The average molecular weight is 174 g/mol. The van der Waals surface area contributed by atoms with E-state index < -0.39 is 0 Å². The van der Waals surface area contributed by atoms with Crippen LogP contribution in [0.25, 0.3) is 0 Å². The SMILES string of the molecule is CC1CC[CH]CC1c1ccncc1. The van der Waals surface area contributed by atoms with E-state index in [0.29, 0.717) is 0 Å². The van der Waals surface area contributed by atoms with E-state index in [1.807, 2.05) is 12.4 Å². The Kier molecular flexibility index (Phi) is 2.62. The number of hydrogen-bond donors (Lipinski definition) is 0. The molecule has 2 unspecified atom stereocenters. The van der Waals surface area contributed by atoms with Gasteiger partial charge in [0.25, 0.3) is 0 Å². The smallest absolute Gasteiger partial charge is 0.0270 e. The number of rotatable bonds is 1. The summed E-state index contributed by atoms with van der Waals surface area (Å²) in [6.45, 7) is 2.36. The third-order valence-electron chi connectivity index (χ3n) is 3.07. The standard InChI is InChI=1S/C12H16N/c1-10-4-2-3-5-12(10)11-6-8-13-9-7-11/h3,6-10,12H,2,4-5H2,1H3. The highest BCUT2D eigenvalue weighted by Crippen LogP contribution is 2.36. The van der Waals surface area contributed by atoms with Crippen molar-refractivity contribution >= 4 is 0 Å². The summed E-state index contributed by atoms with van der Waals surface area (Å²) >= 11 is 0. The summed E-state index contributed by atoms with van der Waals surface area (Å²) in [5.41, 5.74) is 1.46. The fourth-order valence-corrected chi connectivity index (χ4v) is 2.19. The van der Waals surface area contributed by atoms with Gasteiger partial charge in [-0.05, 0) is 55.2 Å². The van der Waals surface area contributed by atoms with Crippen LogP contribution in [0.5, 0.6) is 0 Å². The lowest BCUT2D eigenvalue weighted by atomic mass is 9.77. The zero-order valence-corrected chi connectivity index (χ0v) is 8.11. The van der Waals surface area contributed by atoms with Crippen molar-refractivity contribution in [3.05, 3.63) is 36.5 Å². The minimum absolute atomic E-state index is 0.733. The van der Waals surface area contributed by atoms with Gasteiger partial charge in [-0.3, -0.25) is 4.98 Å². The molecule has 1 aliphatic rings. The number of nitrogens with zero attached hydrogens (tertiary/aromatic N) is 1. The summed E-state index contributed by atoms with van der Waals surface area (Å²) in [5.74, 6) is 1.56. The Hall–Kier alpha value is -0.850. The molecule has 0 saturated heterocycles. The quantitative estimate of drug-likeness (QED) is 0.637. The highest BCUT2D eigenvalue weighted by molar-refractivity contribution is 5.18. The van der Waals surface area contributed by atoms with Gasteiger partial charge in [-0.15, -0.1) is 0 Å². The number of pyridine rings is 1. The van der Waals surface area contributed by atoms with Gasteiger partial charge in [0, 0.05) is 12.4 Å². The summed E-state index contributed by atoms with van der Waals surface area (Å²) in [4.78, 5) is 4.06. The fraction of sp³-hybridized carbons (Fsp3) is 0.500. The van der Waals surface area contributed by atoms with E-state index >= 15 is 0 Å². The first-order valence-electron chi connectivity index (χ1n) is 5.09. The molecule has 13 heavy (non-hydrogen) atoms. The van der Waals surface area contributed by atoms with Crippen molar-refractivity contribution in [3.8, 4) is 0 Å². The molecule has 0 aromatic carbocycles. The third kappa shape index (κ3) is 1.90. The zero-order chi connectivity index (χ0) is 9.10. The van der Waals surface area contributed by atoms with Crippen LogP contribution in [-0.2, 0) is 0 Å². The zero-order valence-electron chi connectivity index (χ0n) is 8.11. The van der Waals surface area contributed by atoms with Gasteiger partial charge in [0.2, 0.25) is 0 Å². The van der Waals surface area contributed by atoms with Crippen molar-refractivity contribution in [2.45, 2.75) is 32.1 Å². The van der Waals surface area contributed by atoms with Crippen molar-refractivity contribution in [1.82, 2.24) is 4.98 Å². The molecule has 0 aliphatic heterocycles. The third-order valence-corrected chi connectivity index (χ3v) is 3.07. The molecule has 0 amide bonds. The maximum absolute atomic E-state index is 4.06. The van der Waals surface area contributed by atoms with Crippen LogP contribution in [-0.4, -0.2) is 4.98 Å². The fourth-order valence-electron chi connectivity index (χ4n) is 2.19. The molecule has 0 spiro atoms. The van der Waals surface area contributed by atoms with E-state index in [1.54, 1.807) is 0 Å². The highest BCUT2D eigenvalue weighted by atomic mass is 14.6. The Morgan fingerprint density at radius 3 is 2.77 bits per heavy atom. The monoisotopic (exact) mass is 174 g/mol. The normalized spacial score (nSPS) is 28.7. The topological polar surface area (TPSA) is 12.9 Å². The molecule has 1 heterocycles. The minimum Gasteiger partial charge on any atom is -0.265 e. The van der Waals surface area contributed by atoms with Crippen molar-refractivity contribution < 1.29 is 0 Å². The van der Waals surface area contributed by atoms with Gasteiger partial charge in [-0.2, -0.15) is 0 Å². The summed E-state index contributed by atoms with van der Waals surface area (Å²) in [5, 5.41) is 0. The molecular formula is C12H16N. The molecule has 1 fully saturated rings. The van der Waals surface area contributed by atoms with Gasteiger partial charge >= 0.3 is 0 Å². The minimum atomic E-state index is 0.733. The largest absolute Gasteiger partial charge is 0.265 e. The van der Waals surface area contributed by atoms with Crippen LogP contribution in [0.1, 0.15) is 37.7 Å². The van der Waals surface area contributed by atoms with Crippen molar-refractivity contribution in [2.24, 2.45) is 5.92 Å². The average Bonchev–Trinajstić information content (AvgIpc) is 2.20. The Bertz CT molecular complexity index is 255. The second-order valence-electron chi connectivity index (χ2n) is 3.97. The Morgan fingerprint density at radius 2 is 2.08 bits per heavy atom. The van der Waals surface area contributed by atoms with E-state index in [4.69, 9.17) is 0 Å². The number of aromatic nitrogens is 1. The molecule has 1 aromatic heterocycles. The van der Waals surface area contributed by atoms with E-state index in [0.717, 1.165) is 11.8 Å². The van der Waals surface area contributed by atoms with Gasteiger partial charge in [0.1, 0.15) is 0 Å². The molecule has 2 atom stereocenters. The molecule has 1 nitrogen and oxygen atoms in total. The Labute approximate surface area is 80.2 Å². The van der Waals surface area contributed by atoms with Crippen molar-refractivity contribution in [1.29, 1.82) is 0 Å². The van der Waals surface area contributed by atoms with Crippen LogP contribution in [0.4, 0.5) is 0 Å².